The summed E-state index contributed by atoms with van der Waals surface area (Å²) >= 11 is 0. The van der Waals surface area contributed by atoms with Crippen LogP contribution in [-0.2, 0) is 4.79 Å². The smallest absolute Gasteiger partial charge is 0.227 e. The zero-order valence-electron chi connectivity index (χ0n) is 20.0. The Hall–Kier alpha value is -3.50. The Labute approximate surface area is 206 Å². The third kappa shape index (κ3) is 4.54. The number of nitrogens with one attached hydrogen (secondary N) is 2. The van der Waals surface area contributed by atoms with Gasteiger partial charge in [0.2, 0.25) is 5.91 Å². The molecule has 2 fully saturated rings. The quantitative estimate of drug-likeness (QED) is 0.363. The molecular formula is C26H28F2N4O4. The van der Waals surface area contributed by atoms with Gasteiger partial charge in [-0.05, 0) is 62.9 Å². The molecule has 2 aromatic carbocycles. The first-order valence-electron chi connectivity index (χ1n) is 11.9. The predicted octanol–water partition coefficient (Wildman–Crippen LogP) is 4.10. The molecule has 10 heteroatoms. The van der Waals surface area contributed by atoms with Crippen LogP contribution >= 0.6 is 0 Å². The van der Waals surface area contributed by atoms with E-state index in [9.17, 15) is 23.8 Å². The number of aromatic nitrogens is 1. The van der Waals surface area contributed by atoms with E-state index in [0.29, 0.717) is 30.7 Å². The summed E-state index contributed by atoms with van der Waals surface area (Å²) in [6, 6.07) is 8.33. The van der Waals surface area contributed by atoms with Gasteiger partial charge in [0, 0.05) is 29.8 Å². The van der Waals surface area contributed by atoms with Crippen LogP contribution in [0.2, 0.25) is 0 Å². The lowest BCUT2D eigenvalue weighted by atomic mass is 9.89. The van der Waals surface area contributed by atoms with Crippen molar-refractivity contribution in [1.82, 2.24) is 5.16 Å². The van der Waals surface area contributed by atoms with E-state index in [0.717, 1.165) is 34.6 Å². The summed E-state index contributed by atoms with van der Waals surface area (Å²) in [5, 5.41) is 31.4. The van der Waals surface area contributed by atoms with Crippen molar-refractivity contribution in [2.24, 2.45) is 0 Å². The summed E-state index contributed by atoms with van der Waals surface area (Å²) < 4.78 is 32.7. The summed E-state index contributed by atoms with van der Waals surface area (Å²) in [5.74, 6) is -1.69. The number of aryl methyl sites for hydroxylation is 2. The van der Waals surface area contributed by atoms with E-state index in [1.165, 1.54) is 11.0 Å². The zero-order valence-corrected chi connectivity index (χ0v) is 20.0. The number of rotatable bonds is 7. The van der Waals surface area contributed by atoms with Crippen molar-refractivity contribution in [1.29, 1.82) is 0 Å². The van der Waals surface area contributed by atoms with Crippen molar-refractivity contribution in [3.63, 3.8) is 0 Å². The van der Waals surface area contributed by atoms with Crippen LogP contribution in [0, 0.1) is 25.5 Å². The SMILES string of the molecule is Cc1noc(C)c1-c1ccc(NC2CC(O)C2)c(NC(O)[C@@H]2CCC(=O)N2c2ccc(F)c(F)c2)c1. The summed E-state index contributed by atoms with van der Waals surface area (Å²) in [4.78, 5) is 13.9. The average molecular weight is 499 g/mol. The second-order valence-corrected chi connectivity index (χ2v) is 9.48. The fourth-order valence-electron chi connectivity index (χ4n) is 5.00. The number of aliphatic hydroxyl groups is 2. The molecular weight excluding hydrogens is 470 g/mol. The van der Waals surface area contributed by atoms with Crippen molar-refractivity contribution in [2.75, 3.05) is 15.5 Å². The van der Waals surface area contributed by atoms with Gasteiger partial charge in [0.1, 0.15) is 12.0 Å². The van der Waals surface area contributed by atoms with Gasteiger partial charge < -0.3 is 30.3 Å². The number of anilines is 3. The van der Waals surface area contributed by atoms with E-state index in [1.807, 2.05) is 32.0 Å². The molecule has 1 aliphatic carbocycles. The summed E-state index contributed by atoms with van der Waals surface area (Å²) in [6.45, 7) is 3.67. The van der Waals surface area contributed by atoms with Crippen LogP contribution < -0.4 is 15.5 Å². The molecule has 190 valence electrons. The summed E-state index contributed by atoms with van der Waals surface area (Å²) in [6.07, 6.45) is 0.223. The Morgan fingerprint density at radius 1 is 1.11 bits per heavy atom. The van der Waals surface area contributed by atoms with Crippen molar-refractivity contribution < 1.29 is 28.3 Å². The second kappa shape index (κ2) is 9.51. The van der Waals surface area contributed by atoms with Gasteiger partial charge in [-0.15, -0.1) is 0 Å². The standard InChI is InChI=1S/C26H28F2N4O4/c1-13-25(14(2)36-31-13)15-3-6-21(29-16-10-18(33)11-16)22(9-15)30-26(35)23-7-8-24(34)32(23)17-4-5-19(27)20(28)12-17/h3-6,9,12,16,18,23,26,29-30,33,35H,7-8,10-11H2,1-2H3/t16?,18?,23-,26?/m0/s1. The number of carbonyl (C=O) groups is 1. The average Bonchev–Trinajstić information content (AvgIpc) is 3.37. The Bertz CT molecular complexity index is 1270. The number of nitrogens with zero attached hydrogens (tertiary/aromatic N) is 2. The second-order valence-electron chi connectivity index (χ2n) is 9.48. The Morgan fingerprint density at radius 2 is 1.89 bits per heavy atom. The van der Waals surface area contributed by atoms with E-state index in [4.69, 9.17) is 4.52 Å². The van der Waals surface area contributed by atoms with E-state index in [-0.39, 0.29) is 30.2 Å². The Morgan fingerprint density at radius 3 is 2.56 bits per heavy atom. The van der Waals surface area contributed by atoms with Gasteiger partial charge in [0.05, 0.1) is 29.2 Å². The largest absolute Gasteiger partial charge is 0.393 e. The first-order valence-corrected chi connectivity index (χ1v) is 11.9. The number of hydrogen-bond donors (Lipinski definition) is 4. The minimum Gasteiger partial charge on any atom is -0.393 e. The minimum atomic E-state index is -1.20. The maximum Gasteiger partial charge on any atom is 0.227 e. The maximum atomic E-state index is 13.9. The van der Waals surface area contributed by atoms with Crippen LogP contribution in [0.5, 0.6) is 0 Å². The molecule has 1 unspecified atom stereocenters. The number of benzene rings is 2. The van der Waals surface area contributed by atoms with Crippen LogP contribution in [0.1, 0.15) is 37.1 Å². The van der Waals surface area contributed by atoms with Gasteiger partial charge in [0.15, 0.2) is 11.6 Å². The molecule has 1 aliphatic heterocycles. The van der Waals surface area contributed by atoms with Crippen LogP contribution in [0.4, 0.5) is 25.8 Å². The highest BCUT2D eigenvalue weighted by Crippen LogP contribution is 2.36. The van der Waals surface area contributed by atoms with Crippen molar-refractivity contribution in [2.45, 2.75) is 63.9 Å². The predicted molar refractivity (Wildman–Crippen MR) is 131 cm³/mol. The molecule has 4 N–H and O–H groups in total. The lowest BCUT2D eigenvalue weighted by Gasteiger charge is -2.34. The van der Waals surface area contributed by atoms with Crippen LogP contribution in [0.15, 0.2) is 40.9 Å². The van der Waals surface area contributed by atoms with Gasteiger partial charge in [-0.1, -0.05) is 11.2 Å². The number of halogens is 2. The zero-order chi connectivity index (χ0) is 25.6. The van der Waals surface area contributed by atoms with Crippen molar-refractivity contribution >= 4 is 23.0 Å². The van der Waals surface area contributed by atoms with E-state index < -0.39 is 23.9 Å². The van der Waals surface area contributed by atoms with Gasteiger partial charge >= 0.3 is 0 Å². The third-order valence-corrected chi connectivity index (χ3v) is 6.92. The summed E-state index contributed by atoms with van der Waals surface area (Å²) in [7, 11) is 0. The maximum absolute atomic E-state index is 13.9. The molecule has 36 heavy (non-hydrogen) atoms. The van der Waals surface area contributed by atoms with Crippen LogP contribution in [0.25, 0.3) is 11.1 Å². The lowest BCUT2D eigenvalue weighted by molar-refractivity contribution is -0.117. The Balaban J connectivity index is 1.45. The highest BCUT2D eigenvalue weighted by Gasteiger charge is 2.38. The number of carbonyl (C=O) groups excluding carboxylic acids is 1. The minimum absolute atomic E-state index is 0.0920. The van der Waals surface area contributed by atoms with E-state index in [1.54, 1.807) is 0 Å². The molecule has 1 saturated heterocycles. The monoisotopic (exact) mass is 498 g/mol. The fraction of sp³-hybridized carbons (Fsp3) is 0.385. The fourth-order valence-corrected chi connectivity index (χ4v) is 5.00. The van der Waals surface area contributed by atoms with Gasteiger partial charge in [-0.2, -0.15) is 0 Å². The van der Waals surface area contributed by atoms with Crippen molar-refractivity contribution in [3.05, 3.63) is 59.5 Å². The molecule has 2 heterocycles. The van der Waals surface area contributed by atoms with Crippen LogP contribution in [0.3, 0.4) is 0 Å². The molecule has 2 aliphatic rings. The number of amides is 1. The van der Waals surface area contributed by atoms with Crippen LogP contribution in [-0.4, -0.2) is 45.7 Å². The molecule has 0 radical (unpaired) electrons. The normalized spacial score (nSPS) is 22.4. The molecule has 5 rings (SSSR count). The third-order valence-electron chi connectivity index (χ3n) is 6.92. The Kier molecular flexibility index (Phi) is 6.40. The van der Waals surface area contributed by atoms with Crippen molar-refractivity contribution in [3.8, 4) is 11.1 Å². The molecule has 8 nitrogen and oxygen atoms in total. The highest BCUT2D eigenvalue weighted by atomic mass is 19.2. The van der Waals surface area contributed by atoms with E-state index in [2.05, 4.69) is 15.8 Å². The molecule has 2 atom stereocenters. The van der Waals surface area contributed by atoms with Gasteiger partial charge in [-0.3, -0.25) is 4.79 Å². The number of aliphatic hydroxyl groups excluding tert-OH is 2. The summed E-state index contributed by atoms with van der Waals surface area (Å²) in [5.41, 5.74) is 3.91. The first-order chi connectivity index (χ1) is 17.2. The lowest BCUT2D eigenvalue weighted by Crippen LogP contribution is -2.45. The molecule has 1 aromatic heterocycles. The van der Waals surface area contributed by atoms with E-state index >= 15 is 0 Å². The van der Waals surface area contributed by atoms with Gasteiger partial charge in [-0.25, -0.2) is 8.78 Å². The first kappa shape index (κ1) is 24.2. The molecule has 0 bridgehead atoms. The molecule has 3 aromatic rings. The molecule has 1 amide bonds. The molecule has 0 spiro atoms. The number of hydrogen-bond acceptors (Lipinski definition) is 7. The van der Waals surface area contributed by atoms with Gasteiger partial charge in [0.25, 0.3) is 0 Å². The topological polar surface area (TPSA) is 111 Å². The molecule has 1 saturated carbocycles. The highest BCUT2D eigenvalue weighted by molar-refractivity contribution is 5.96.